The van der Waals surface area contributed by atoms with Gasteiger partial charge in [-0.05, 0) is 33.6 Å². The summed E-state index contributed by atoms with van der Waals surface area (Å²) in [5.41, 5.74) is -0.392. The average Bonchev–Trinajstić information content (AvgIpc) is 2.47. The highest BCUT2D eigenvalue weighted by atomic mass is 79.9. The summed E-state index contributed by atoms with van der Waals surface area (Å²) in [6, 6.07) is 0.310. The molecular formula is C10H18BrNO2. The van der Waals surface area contributed by atoms with Crippen LogP contribution in [0.4, 0.5) is 4.79 Å². The maximum absolute atomic E-state index is 11.7. The van der Waals surface area contributed by atoms with E-state index in [0.717, 1.165) is 24.7 Å². The van der Waals surface area contributed by atoms with Crippen LogP contribution in [-0.2, 0) is 4.74 Å². The van der Waals surface area contributed by atoms with Crippen LogP contribution in [0.1, 0.15) is 33.6 Å². The van der Waals surface area contributed by atoms with Gasteiger partial charge in [-0.15, -0.1) is 0 Å². The molecule has 1 heterocycles. The Morgan fingerprint density at radius 2 is 2.21 bits per heavy atom. The number of nitrogens with zero attached hydrogens (tertiary/aromatic N) is 1. The molecule has 0 aliphatic carbocycles. The van der Waals surface area contributed by atoms with E-state index in [1.165, 1.54) is 0 Å². The number of carbonyl (C=O) groups excluding carboxylic acids is 1. The summed E-state index contributed by atoms with van der Waals surface area (Å²) in [5.74, 6) is 0. The van der Waals surface area contributed by atoms with Gasteiger partial charge in [-0.1, -0.05) is 15.9 Å². The Bertz CT molecular complexity index is 213. The van der Waals surface area contributed by atoms with Gasteiger partial charge in [-0.2, -0.15) is 0 Å². The van der Waals surface area contributed by atoms with E-state index in [4.69, 9.17) is 4.74 Å². The molecule has 1 fully saturated rings. The van der Waals surface area contributed by atoms with E-state index in [2.05, 4.69) is 15.9 Å². The topological polar surface area (TPSA) is 29.5 Å². The van der Waals surface area contributed by atoms with E-state index in [9.17, 15) is 4.79 Å². The first-order valence-electron chi connectivity index (χ1n) is 4.99. The van der Waals surface area contributed by atoms with Crippen molar-refractivity contribution >= 4 is 22.0 Å². The number of carbonyl (C=O) groups is 1. The summed E-state index contributed by atoms with van der Waals surface area (Å²) in [6.45, 7) is 6.50. The van der Waals surface area contributed by atoms with Crippen molar-refractivity contribution in [1.29, 1.82) is 0 Å². The maximum atomic E-state index is 11.7. The highest BCUT2D eigenvalue weighted by Gasteiger charge is 2.31. The van der Waals surface area contributed by atoms with Crippen molar-refractivity contribution in [3.05, 3.63) is 0 Å². The summed E-state index contributed by atoms with van der Waals surface area (Å²) < 4.78 is 5.32. The Morgan fingerprint density at radius 1 is 1.57 bits per heavy atom. The molecule has 1 rings (SSSR count). The first-order chi connectivity index (χ1) is 6.44. The second-order valence-corrected chi connectivity index (χ2v) is 5.27. The van der Waals surface area contributed by atoms with E-state index in [1.54, 1.807) is 0 Å². The monoisotopic (exact) mass is 263 g/mol. The lowest BCUT2D eigenvalue weighted by Gasteiger charge is -2.27. The first kappa shape index (κ1) is 11.8. The van der Waals surface area contributed by atoms with Crippen molar-refractivity contribution in [2.75, 3.05) is 11.9 Å². The van der Waals surface area contributed by atoms with Crippen molar-refractivity contribution < 1.29 is 9.53 Å². The lowest BCUT2D eigenvalue weighted by Crippen LogP contribution is -2.40. The number of likely N-dealkylation sites (tertiary alicyclic amines) is 1. The summed E-state index contributed by atoms with van der Waals surface area (Å²) in [4.78, 5) is 13.5. The van der Waals surface area contributed by atoms with Crippen LogP contribution in [0.5, 0.6) is 0 Å². The van der Waals surface area contributed by atoms with Gasteiger partial charge in [0.05, 0.1) is 0 Å². The zero-order valence-electron chi connectivity index (χ0n) is 9.05. The quantitative estimate of drug-likeness (QED) is 0.681. The van der Waals surface area contributed by atoms with Gasteiger partial charge in [0.1, 0.15) is 5.60 Å². The van der Waals surface area contributed by atoms with E-state index >= 15 is 0 Å². The van der Waals surface area contributed by atoms with Crippen LogP contribution in [-0.4, -0.2) is 34.5 Å². The molecular weight excluding hydrogens is 246 g/mol. The van der Waals surface area contributed by atoms with Crippen LogP contribution < -0.4 is 0 Å². The molecule has 82 valence electrons. The van der Waals surface area contributed by atoms with Gasteiger partial charge >= 0.3 is 6.09 Å². The second-order valence-electron chi connectivity index (χ2n) is 4.62. The molecule has 0 spiro atoms. The molecule has 1 amide bonds. The van der Waals surface area contributed by atoms with Crippen LogP contribution in [0.25, 0.3) is 0 Å². The molecule has 1 aliphatic heterocycles. The summed E-state index contributed by atoms with van der Waals surface area (Å²) in [5, 5.41) is 0.840. The van der Waals surface area contributed by atoms with Gasteiger partial charge in [-0.3, -0.25) is 0 Å². The molecule has 1 aliphatic rings. The summed E-state index contributed by atoms with van der Waals surface area (Å²) in [6.07, 6.45) is 1.97. The van der Waals surface area contributed by atoms with Gasteiger partial charge in [0.15, 0.2) is 0 Å². The van der Waals surface area contributed by atoms with Gasteiger partial charge in [-0.25, -0.2) is 4.79 Å². The fraction of sp³-hybridized carbons (Fsp3) is 0.900. The predicted molar refractivity (Wildman–Crippen MR) is 59.8 cm³/mol. The number of alkyl halides is 1. The molecule has 0 aromatic rings. The van der Waals surface area contributed by atoms with Crippen LogP contribution in [0.3, 0.4) is 0 Å². The second kappa shape index (κ2) is 4.51. The molecule has 3 nitrogen and oxygen atoms in total. The maximum Gasteiger partial charge on any atom is 0.410 e. The fourth-order valence-electron chi connectivity index (χ4n) is 1.56. The van der Waals surface area contributed by atoms with Crippen LogP contribution >= 0.6 is 15.9 Å². The van der Waals surface area contributed by atoms with Crippen molar-refractivity contribution in [3.63, 3.8) is 0 Å². The fourth-order valence-corrected chi connectivity index (χ4v) is 2.23. The third-order valence-electron chi connectivity index (χ3n) is 2.18. The van der Waals surface area contributed by atoms with E-state index < -0.39 is 5.60 Å². The molecule has 0 saturated carbocycles. The Morgan fingerprint density at radius 3 is 2.71 bits per heavy atom. The van der Waals surface area contributed by atoms with Gasteiger partial charge in [0.2, 0.25) is 0 Å². The normalized spacial score (nSPS) is 22.6. The number of hydrogen-bond donors (Lipinski definition) is 0. The SMILES string of the molecule is CC(C)(C)OC(=O)N1CCC[C@H]1CBr. The van der Waals surface area contributed by atoms with Gasteiger partial charge in [0, 0.05) is 17.9 Å². The third kappa shape index (κ3) is 3.15. The van der Waals surface area contributed by atoms with Gasteiger partial charge in [0.25, 0.3) is 0 Å². The van der Waals surface area contributed by atoms with Crippen LogP contribution in [0.2, 0.25) is 0 Å². The number of hydrogen-bond acceptors (Lipinski definition) is 2. The molecule has 1 atom stereocenters. The van der Waals surface area contributed by atoms with E-state index in [-0.39, 0.29) is 6.09 Å². The molecule has 0 radical (unpaired) electrons. The Labute approximate surface area is 93.9 Å². The minimum Gasteiger partial charge on any atom is -0.444 e. The van der Waals surface area contributed by atoms with Gasteiger partial charge < -0.3 is 9.64 Å². The minimum atomic E-state index is -0.392. The zero-order valence-corrected chi connectivity index (χ0v) is 10.6. The molecule has 0 unspecified atom stereocenters. The predicted octanol–water partition coefficient (Wildman–Crippen LogP) is 2.78. The number of ether oxygens (including phenoxy) is 1. The molecule has 1 saturated heterocycles. The largest absolute Gasteiger partial charge is 0.444 e. The van der Waals surface area contributed by atoms with E-state index in [1.807, 2.05) is 25.7 Å². The molecule has 0 aromatic heterocycles. The Kier molecular flexibility index (Phi) is 3.81. The lowest BCUT2D eigenvalue weighted by atomic mass is 10.2. The zero-order chi connectivity index (χ0) is 10.8. The standard InChI is InChI=1S/C10H18BrNO2/c1-10(2,3)14-9(13)12-6-4-5-8(12)7-11/h8H,4-7H2,1-3H3/t8-/m0/s1. The summed E-state index contributed by atoms with van der Waals surface area (Å²) in [7, 11) is 0. The number of halogens is 1. The highest BCUT2D eigenvalue weighted by molar-refractivity contribution is 9.09. The third-order valence-corrected chi connectivity index (χ3v) is 2.93. The van der Waals surface area contributed by atoms with Crippen molar-refractivity contribution in [2.45, 2.75) is 45.3 Å². The number of amides is 1. The number of rotatable bonds is 1. The highest BCUT2D eigenvalue weighted by Crippen LogP contribution is 2.21. The van der Waals surface area contributed by atoms with Crippen LogP contribution in [0, 0.1) is 0 Å². The van der Waals surface area contributed by atoms with Crippen LogP contribution in [0.15, 0.2) is 0 Å². The first-order valence-corrected chi connectivity index (χ1v) is 6.12. The summed E-state index contributed by atoms with van der Waals surface area (Å²) >= 11 is 3.42. The van der Waals surface area contributed by atoms with Crippen molar-refractivity contribution in [1.82, 2.24) is 4.90 Å². The molecule has 0 aromatic carbocycles. The molecule has 0 N–H and O–H groups in total. The molecule has 0 bridgehead atoms. The van der Waals surface area contributed by atoms with Crippen molar-refractivity contribution in [3.8, 4) is 0 Å². The minimum absolute atomic E-state index is 0.181. The smallest absolute Gasteiger partial charge is 0.410 e. The Balaban J connectivity index is 2.52. The Hall–Kier alpha value is -0.250. The average molecular weight is 264 g/mol. The molecule has 14 heavy (non-hydrogen) atoms. The molecule has 4 heteroatoms. The lowest BCUT2D eigenvalue weighted by molar-refractivity contribution is 0.0242. The van der Waals surface area contributed by atoms with Crippen molar-refractivity contribution in [2.24, 2.45) is 0 Å². The van der Waals surface area contributed by atoms with E-state index in [0.29, 0.717) is 6.04 Å².